The van der Waals surface area contributed by atoms with Gasteiger partial charge in [-0.3, -0.25) is 0 Å². The van der Waals surface area contributed by atoms with Crippen LogP contribution in [0, 0.1) is 13.8 Å². The number of thiocarbonyl (C=S) groups is 1. The molecule has 0 atom stereocenters. The third-order valence-corrected chi connectivity index (χ3v) is 3.26. The molecule has 3 nitrogen and oxygen atoms in total. The van der Waals surface area contributed by atoms with Crippen LogP contribution in [0.3, 0.4) is 0 Å². The molecule has 5 heteroatoms. The molecule has 0 saturated carbocycles. The summed E-state index contributed by atoms with van der Waals surface area (Å²) in [4.78, 5) is 4.82. The summed E-state index contributed by atoms with van der Waals surface area (Å²) in [7, 11) is 0. The van der Waals surface area contributed by atoms with E-state index in [0.29, 0.717) is 4.99 Å². The molecule has 0 unspecified atom stereocenters. The zero-order valence-electron chi connectivity index (χ0n) is 9.65. The summed E-state index contributed by atoms with van der Waals surface area (Å²) in [6.07, 6.45) is 0. The normalized spacial score (nSPS) is 10.2. The van der Waals surface area contributed by atoms with Crippen LogP contribution in [0.25, 0.3) is 0 Å². The highest BCUT2D eigenvalue weighted by Crippen LogP contribution is 2.23. The number of nitrogens with two attached hydrogens (primary N) is 1. The molecule has 2 aromatic rings. The van der Waals surface area contributed by atoms with Gasteiger partial charge in [-0.15, -0.1) is 0 Å². The summed E-state index contributed by atoms with van der Waals surface area (Å²) in [6.45, 7) is 3.94. The van der Waals surface area contributed by atoms with E-state index < -0.39 is 0 Å². The van der Waals surface area contributed by atoms with E-state index in [-0.39, 0.29) is 0 Å². The fourth-order valence-electron chi connectivity index (χ4n) is 1.71. The number of nitrogens with one attached hydrogen (secondary N) is 1. The first-order chi connectivity index (χ1) is 8.08. The number of anilines is 2. The Bertz CT molecular complexity index is 547. The van der Waals surface area contributed by atoms with Crippen LogP contribution in [0.4, 0.5) is 11.5 Å². The van der Waals surface area contributed by atoms with E-state index in [9.17, 15) is 0 Å². The fourth-order valence-corrected chi connectivity index (χ4v) is 2.56. The third kappa shape index (κ3) is 2.62. The van der Waals surface area contributed by atoms with Crippen LogP contribution >= 0.6 is 23.6 Å². The van der Waals surface area contributed by atoms with Gasteiger partial charge in [0.1, 0.15) is 10.8 Å². The van der Waals surface area contributed by atoms with Crippen LogP contribution in [-0.2, 0) is 0 Å². The zero-order valence-corrected chi connectivity index (χ0v) is 11.3. The molecule has 88 valence electrons. The first kappa shape index (κ1) is 12.0. The van der Waals surface area contributed by atoms with Crippen molar-refractivity contribution < 1.29 is 0 Å². The maximum atomic E-state index is 5.75. The lowest BCUT2D eigenvalue weighted by Crippen LogP contribution is -2.15. The number of rotatable bonds is 3. The van der Waals surface area contributed by atoms with Crippen LogP contribution in [-0.4, -0.2) is 9.97 Å². The van der Waals surface area contributed by atoms with E-state index >= 15 is 0 Å². The molecule has 0 bridgehead atoms. The van der Waals surface area contributed by atoms with Crippen molar-refractivity contribution in [3.8, 4) is 0 Å². The number of nitrogens with zero attached hydrogens (tertiary/aromatic N) is 1. The van der Waals surface area contributed by atoms with Crippen LogP contribution < -0.4 is 11.1 Å². The maximum absolute atomic E-state index is 5.75. The summed E-state index contributed by atoms with van der Waals surface area (Å²) in [5.74, 6) is 0.730. The zero-order chi connectivity index (χ0) is 12.4. The predicted octanol–water partition coefficient (Wildman–Crippen LogP) is 3.14. The summed E-state index contributed by atoms with van der Waals surface area (Å²) in [6, 6.07) is 3.97. The molecule has 0 aromatic carbocycles. The molecule has 0 spiro atoms. The van der Waals surface area contributed by atoms with Gasteiger partial charge in [-0.1, -0.05) is 12.2 Å². The van der Waals surface area contributed by atoms with E-state index in [2.05, 4.69) is 10.3 Å². The summed E-state index contributed by atoms with van der Waals surface area (Å²) < 4.78 is 0. The SMILES string of the molecule is Cc1cc(C)c(C(N)=S)c(Nc2ccsc2)n1. The highest BCUT2D eigenvalue weighted by atomic mass is 32.1. The van der Waals surface area contributed by atoms with Crippen LogP contribution in [0.2, 0.25) is 0 Å². The Morgan fingerprint density at radius 2 is 2.24 bits per heavy atom. The minimum Gasteiger partial charge on any atom is -0.389 e. The van der Waals surface area contributed by atoms with Gasteiger partial charge in [-0.2, -0.15) is 11.3 Å². The van der Waals surface area contributed by atoms with Gasteiger partial charge in [-0.05, 0) is 36.9 Å². The summed E-state index contributed by atoms with van der Waals surface area (Å²) in [5, 5.41) is 7.27. The lowest BCUT2D eigenvalue weighted by atomic mass is 10.1. The molecule has 0 aliphatic heterocycles. The van der Waals surface area contributed by atoms with Crippen molar-refractivity contribution in [2.24, 2.45) is 5.73 Å². The number of thiophene rings is 1. The van der Waals surface area contributed by atoms with Gasteiger partial charge in [0.15, 0.2) is 0 Å². The summed E-state index contributed by atoms with van der Waals surface area (Å²) in [5.41, 5.74) is 9.56. The number of aryl methyl sites for hydroxylation is 2. The third-order valence-electron chi connectivity index (χ3n) is 2.38. The van der Waals surface area contributed by atoms with Crippen molar-refractivity contribution in [1.29, 1.82) is 0 Å². The molecule has 0 fully saturated rings. The summed E-state index contributed by atoms with van der Waals surface area (Å²) >= 11 is 6.70. The Morgan fingerprint density at radius 3 is 2.82 bits per heavy atom. The Labute approximate surface area is 110 Å². The fraction of sp³-hybridized carbons (Fsp3) is 0.167. The second kappa shape index (κ2) is 4.81. The maximum Gasteiger partial charge on any atom is 0.141 e. The van der Waals surface area contributed by atoms with Crippen molar-refractivity contribution in [2.45, 2.75) is 13.8 Å². The Balaban J connectivity index is 2.47. The first-order valence-corrected chi connectivity index (χ1v) is 6.50. The molecular weight excluding hydrogens is 250 g/mol. The largest absolute Gasteiger partial charge is 0.389 e. The van der Waals surface area contributed by atoms with E-state index in [0.717, 1.165) is 28.3 Å². The Hall–Kier alpha value is -1.46. The Kier molecular flexibility index (Phi) is 3.40. The minimum atomic E-state index is 0.368. The molecule has 0 saturated heterocycles. The highest BCUT2D eigenvalue weighted by Gasteiger charge is 2.11. The van der Waals surface area contributed by atoms with E-state index in [4.69, 9.17) is 18.0 Å². The van der Waals surface area contributed by atoms with E-state index in [1.54, 1.807) is 11.3 Å². The van der Waals surface area contributed by atoms with Crippen LogP contribution in [0.1, 0.15) is 16.8 Å². The van der Waals surface area contributed by atoms with Crippen LogP contribution in [0.5, 0.6) is 0 Å². The van der Waals surface area contributed by atoms with Crippen LogP contribution in [0.15, 0.2) is 22.9 Å². The standard InChI is InChI=1S/C12H13N3S2/c1-7-5-8(2)14-12(10(7)11(13)16)15-9-3-4-17-6-9/h3-6H,1-2H3,(H2,13,16)(H,14,15). The number of hydrogen-bond acceptors (Lipinski definition) is 4. The lowest BCUT2D eigenvalue weighted by Gasteiger charge is -2.12. The number of pyridine rings is 1. The molecule has 17 heavy (non-hydrogen) atoms. The monoisotopic (exact) mass is 263 g/mol. The van der Waals surface area contributed by atoms with E-state index in [1.807, 2.05) is 36.7 Å². The average molecular weight is 263 g/mol. The second-order valence-electron chi connectivity index (χ2n) is 3.81. The van der Waals surface area contributed by atoms with Gasteiger partial charge in [0, 0.05) is 11.1 Å². The number of aromatic nitrogens is 1. The average Bonchev–Trinajstić information content (AvgIpc) is 2.68. The van der Waals surface area contributed by atoms with Crippen molar-refractivity contribution in [3.05, 3.63) is 39.7 Å². The molecule has 0 radical (unpaired) electrons. The molecule has 2 heterocycles. The van der Waals surface area contributed by atoms with Gasteiger partial charge in [0.05, 0.1) is 11.3 Å². The van der Waals surface area contributed by atoms with Gasteiger partial charge in [0.25, 0.3) is 0 Å². The predicted molar refractivity (Wildman–Crippen MR) is 77.2 cm³/mol. The molecule has 2 rings (SSSR count). The lowest BCUT2D eigenvalue weighted by molar-refractivity contribution is 1.17. The molecule has 0 amide bonds. The van der Waals surface area contributed by atoms with Crippen molar-refractivity contribution >= 4 is 40.0 Å². The highest BCUT2D eigenvalue weighted by molar-refractivity contribution is 7.80. The van der Waals surface area contributed by atoms with Gasteiger partial charge < -0.3 is 11.1 Å². The van der Waals surface area contributed by atoms with E-state index in [1.165, 1.54) is 0 Å². The number of hydrogen-bond donors (Lipinski definition) is 2. The minimum absolute atomic E-state index is 0.368. The quantitative estimate of drug-likeness (QED) is 0.835. The van der Waals surface area contributed by atoms with Crippen molar-refractivity contribution in [2.75, 3.05) is 5.32 Å². The van der Waals surface area contributed by atoms with Crippen molar-refractivity contribution in [3.63, 3.8) is 0 Å². The van der Waals surface area contributed by atoms with Gasteiger partial charge >= 0.3 is 0 Å². The molecule has 0 aliphatic rings. The topological polar surface area (TPSA) is 50.9 Å². The molecule has 2 aromatic heterocycles. The molecular formula is C12H13N3S2. The first-order valence-electron chi connectivity index (χ1n) is 5.15. The van der Waals surface area contributed by atoms with Crippen molar-refractivity contribution in [1.82, 2.24) is 4.98 Å². The van der Waals surface area contributed by atoms with Gasteiger partial charge in [-0.25, -0.2) is 4.98 Å². The smallest absolute Gasteiger partial charge is 0.141 e. The second-order valence-corrected chi connectivity index (χ2v) is 5.03. The Morgan fingerprint density at radius 1 is 1.47 bits per heavy atom. The molecule has 3 N–H and O–H groups in total. The van der Waals surface area contributed by atoms with Gasteiger partial charge in [0.2, 0.25) is 0 Å². The molecule has 0 aliphatic carbocycles.